The van der Waals surface area contributed by atoms with Crippen molar-refractivity contribution in [1.82, 2.24) is 4.72 Å². The average molecular weight is 301 g/mol. The fourth-order valence-corrected chi connectivity index (χ4v) is 2.91. The van der Waals surface area contributed by atoms with E-state index in [1.807, 2.05) is 0 Å². The van der Waals surface area contributed by atoms with Crippen LogP contribution in [0, 0.1) is 17.0 Å². The molecule has 1 rings (SSSR count). The molecule has 7 nitrogen and oxygen atoms in total. The summed E-state index contributed by atoms with van der Waals surface area (Å²) in [6.07, 6.45) is 1.09. The number of aryl methyl sites for hydroxylation is 1. The van der Waals surface area contributed by atoms with Crippen molar-refractivity contribution < 1.29 is 13.3 Å². The number of sulfonamides is 1. The minimum atomic E-state index is -3.31. The molecule has 1 aromatic carbocycles. The Hall–Kier alpha value is -1.67. The van der Waals surface area contributed by atoms with Crippen molar-refractivity contribution in [3.05, 3.63) is 33.9 Å². The van der Waals surface area contributed by atoms with Crippen molar-refractivity contribution in [3.8, 4) is 0 Å². The molecule has 0 aliphatic heterocycles. The summed E-state index contributed by atoms with van der Waals surface area (Å²) in [4.78, 5) is 10.3. The Labute approximate surface area is 118 Å². The van der Waals surface area contributed by atoms with Crippen molar-refractivity contribution >= 4 is 21.4 Å². The molecule has 0 bridgehead atoms. The zero-order valence-electron chi connectivity index (χ0n) is 11.9. The number of rotatable bonds is 6. The van der Waals surface area contributed by atoms with Gasteiger partial charge in [-0.15, -0.1) is 0 Å². The minimum Gasteiger partial charge on any atom is -0.383 e. The number of nitro groups is 1. The maximum Gasteiger partial charge on any atom is 0.271 e. The van der Waals surface area contributed by atoms with Crippen LogP contribution in [-0.2, 0) is 10.0 Å². The van der Waals surface area contributed by atoms with Gasteiger partial charge in [0.1, 0.15) is 0 Å². The standard InChI is InChI=1S/C12H19N3O4S/c1-9-5-10(7-11(6-9)15(16)17)13-8-12(2,3)14-20(4,18)19/h5-7,13-14H,8H2,1-4H3. The van der Waals surface area contributed by atoms with Gasteiger partial charge in [0.25, 0.3) is 5.69 Å². The number of anilines is 1. The molecular formula is C12H19N3O4S. The van der Waals surface area contributed by atoms with Crippen LogP contribution in [-0.4, -0.2) is 31.7 Å². The molecule has 0 aliphatic rings. The van der Waals surface area contributed by atoms with E-state index >= 15 is 0 Å². The van der Waals surface area contributed by atoms with Crippen molar-refractivity contribution in [1.29, 1.82) is 0 Å². The third kappa shape index (κ3) is 5.54. The van der Waals surface area contributed by atoms with Crippen LogP contribution < -0.4 is 10.0 Å². The summed E-state index contributed by atoms with van der Waals surface area (Å²) in [5, 5.41) is 13.8. The smallest absolute Gasteiger partial charge is 0.271 e. The van der Waals surface area contributed by atoms with Crippen LogP contribution in [0.15, 0.2) is 18.2 Å². The minimum absolute atomic E-state index is 0.00128. The average Bonchev–Trinajstić information content (AvgIpc) is 2.22. The molecule has 0 radical (unpaired) electrons. The van der Waals surface area contributed by atoms with E-state index in [4.69, 9.17) is 0 Å². The number of nitro benzene ring substituents is 1. The predicted octanol–water partition coefficient (Wildman–Crippen LogP) is 1.64. The molecule has 2 N–H and O–H groups in total. The Balaban J connectivity index is 2.82. The molecule has 0 saturated carbocycles. The van der Waals surface area contributed by atoms with Gasteiger partial charge in [-0.3, -0.25) is 10.1 Å². The highest BCUT2D eigenvalue weighted by molar-refractivity contribution is 7.88. The van der Waals surface area contributed by atoms with Crippen LogP contribution in [0.2, 0.25) is 0 Å². The van der Waals surface area contributed by atoms with Gasteiger partial charge in [0.15, 0.2) is 0 Å². The monoisotopic (exact) mass is 301 g/mol. The van der Waals surface area contributed by atoms with Crippen LogP contribution in [0.3, 0.4) is 0 Å². The van der Waals surface area contributed by atoms with E-state index in [0.717, 1.165) is 11.8 Å². The van der Waals surface area contributed by atoms with Gasteiger partial charge in [0.05, 0.1) is 11.2 Å². The lowest BCUT2D eigenvalue weighted by Crippen LogP contribution is -2.47. The molecule has 112 valence electrons. The van der Waals surface area contributed by atoms with E-state index in [2.05, 4.69) is 10.0 Å². The first-order chi connectivity index (χ1) is 8.98. The molecule has 0 aromatic heterocycles. The zero-order valence-corrected chi connectivity index (χ0v) is 12.7. The van der Waals surface area contributed by atoms with Crippen molar-refractivity contribution in [2.45, 2.75) is 26.3 Å². The Morgan fingerprint density at radius 1 is 1.30 bits per heavy atom. The lowest BCUT2D eigenvalue weighted by molar-refractivity contribution is -0.384. The molecule has 20 heavy (non-hydrogen) atoms. The van der Waals surface area contributed by atoms with Gasteiger partial charge in [-0.25, -0.2) is 13.1 Å². The van der Waals surface area contributed by atoms with E-state index in [1.165, 1.54) is 12.1 Å². The molecule has 0 heterocycles. The molecular weight excluding hydrogens is 282 g/mol. The highest BCUT2D eigenvalue weighted by Crippen LogP contribution is 2.21. The van der Waals surface area contributed by atoms with E-state index in [0.29, 0.717) is 12.2 Å². The number of hydrogen-bond donors (Lipinski definition) is 2. The number of hydrogen-bond acceptors (Lipinski definition) is 5. The summed E-state index contributed by atoms with van der Waals surface area (Å²) in [7, 11) is -3.31. The van der Waals surface area contributed by atoms with E-state index in [-0.39, 0.29) is 5.69 Å². The predicted molar refractivity (Wildman–Crippen MR) is 78.4 cm³/mol. The summed E-state index contributed by atoms with van der Waals surface area (Å²) in [6.45, 7) is 5.52. The first kappa shape index (κ1) is 16.4. The molecule has 8 heteroatoms. The Morgan fingerprint density at radius 3 is 2.40 bits per heavy atom. The molecule has 0 amide bonds. The molecule has 0 aliphatic carbocycles. The number of benzene rings is 1. The fourth-order valence-electron chi connectivity index (χ4n) is 1.83. The molecule has 0 atom stereocenters. The van der Waals surface area contributed by atoms with Crippen molar-refractivity contribution in [2.75, 3.05) is 18.1 Å². The van der Waals surface area contributed by atoms with Gasteiger partial charge in [0.2, 0.25) is 10.0 Å². The van der Waals surface area contributed by atoms with Gasteiger partial charge < -0.3 is 5.32 Å². The topological polar surface area (TPSA) is 101 Å². The highest BCUT2D eigenvalue weighted by atomic mass is 32.2. The third-order valence-electron chi connectivity index (χ3n) is 2.47. The summed E-state index contributed by atoms with van der Waals surface area (Å²) in [5.41, 5.74) is 0.642. The van der Waals surface area contributed by atoms with Crippen molar-refractivity contribution in [3.63, 3.8) is 0 Å². The number of non-ortho nitro benzene ring substituents is 1. The summed E-state index contributed by atoms with van der Waals surface area (Å²) in [5.74, 6) is 0. The van der Waals surface area contributed by atoms with Gasteiger partial charge in [-0.1, -0.05) is 0 Å². The van der Waals surface area contributed by atoms with Crippen LogP contribution in [0.4, 0.5) is 11.4 Å². The fraction of sp³-hybridized carbons (Fsp3) is 0.500. The Bertz CT molecular complexity index is 611. The molecule has 0 spiro atoms. The molecule has 0 unspecified atom stereocenters. The maximum absolute atomic E-state index is 11.2. The lowest BCUT2D eigenvalue weighted by Gasteiger charge is -2.25. The van der Waals surface area contributed by atoms with Crippen LogP contribution in [0.1, 0.15) is 19.4 Å². The van der Waals surface area contributed by atoms with Crippen LogP contribution in [0.25, 0.3) is 0 Å². The maximum atomic E-state index is 11.2. The van der Waals surface area contributed by atoms with Gasteiger partial charge >= 0.3 is 0 Å². The van der Waals surface area contributed by atoms with Crippen LogP contribution >= 0.6 is 0 Å². The Morgan fingerprint density at radius 2 is 1.90 bits per heavy atom. The summed E-state index contributed by atoms with van der Waals surface area (Å²) >= 11 is 0. The second kappa shape index (κ2) is 5.76. The van der Waals surface area contributed by atoms with Gasteiger partial charge in [-0.2, -0.15) is 0 Å². The number of nitrogens with zero attached hydrogens (tertiary/aromatic N) is 1. The van der Waals surface area contributed by atoms with Gasteiger partial charge in [-0.05, 0) is 32.4 Å². The molecule has 0 fully saturated rings. The highest BCUT2D eigenvalue weighted by Gasteiger charge is 2.22. The quantitative estimate of drug-likeness (QED) is 0.614. The summed E-state index contributed by atoms with van der Waals surface area (Å²) in [6, 6.07) is 4.66. The largest absolute Gasteiger partial charge is 0.383 e. The van der Waals surface area contributed by atoms with Crippen LogP contribution in [0.5, 0.6) is 0 Å². The third-order valence-corrected chi connectivity index (χ3v) is 3.39. The van der Waals surface area contributed by atoms with E-state index < -0.39 is 20.5 Å². The lowest BCUT2D eigenvalue weighted by atomic mass is 10.1. The summed E-state index contributed by atoms with van der Waals surface area (Å²) < 4.78 is 24.9. The first-order valence-corrected chi connectivity index (χ1v) is 7.87. The van der Waals surface area contributed by atoms with Crippen molar-refractivity contribution in [2.24, 2.45) is 0 Å². The Kier molecular flexibility index (Phi) is 4.72. The SMILES string of the molecule is Cc1cc(NCC(C)(C)NS(C)(=O)=O)cc([N+](=O)[O-])c1. The van der Waals surface area contributed by atoms with E-state index in [1.54, 1.807) is 26.8 Å². The molecule has 1 aromatic rings. The zero-order chi connectivity index (χ0) is 15.6. The molecule has 0 saturated heterocycles. The number of nitrogens with one attached hydrogen (secondary N) is 2. The first-order valence-electron chi connectivity index (χ1n) is 5.97. The second-order valence-electron chi connectivity index (χ2n) is 5.43. The van der Waals surface area contributed by atoms with Gasteiger partial charge in [0, 0.05) is 29.9 Å². The van der Waals surface area contributed by atoms with E-state index in [9.17, 15) is 18.5 Å². The normalized spacial score (nSPS) is 12.2. The second-order valence-corrected chi connectivity index (χ2v) is 7.17.